The van der Waals surface area contributed by atoms with Gasteiger partial charge in [0.15, 0.2) is 5.76 Å². The van der Waals surface area contributed by atoms with Gasteiger partial charge in [0.25, 0.3) is 11.8 Å². The van der Waals surface area contributed by atoms with Gasteiger partial charge in [0.05, 0.1) is 5.69 Å². The Morgan fingerprint density at radius 2 is 1.95 bits per heavy atom. The summed E-state index contributed by atoms with van der Waals surface area (Å²) in [6.45, 7) is 5.48. The van der Waals surface area contributed by atoms with E-state index in [0.29, 0.717) is 22.7 Å². The molecule has 0 spiro atoms. The monoisotopic (exact) mass is 368 g/mol. The fraction of sp³-hybridized carbons (Fsp3) is 0.357. The Bertz CT molecular complexity index is 718. The minimum Gasteiger partial charge on any atom is -0.360 e. The zero-order valence-electron chi connectivity index (χ0n) is 12.7. The maximum absolute atomic E-state index is 12.2. The number of aromatic nitrogens is 2. The van der Waals surface area contributed by atoms with Crippen molar-refractivity contribution >= 4 is 27.7 Å². The number of carbonyl (C=O) groups is 2. The molecule has 0 saturated heterocycles. The van der Waals surface area contributed by atoms with Crippen molar-refractivity contribution in [2.45, 2.75) is 26.7 Å². The van der Waals surface area contributed by atoms with Crippen LogP contribution in [0.4, 0.5) is 0 Å². The third-order valence-electron chi connectivity index (χ3n) is 3.13. The lowest BCUT2D eigenvalue weighted by Crippen LogP contribution is -2.42. The highest BCUT2D eigenvalue weighted by Crippen LogP contribution is 2.21. The van der Waals surface area contributed by atoms with Crippen LogP contribution in [-0.2, 0) is 7.05 Å². The first-order valence-corrected chi connectivity index (χ1v) is 7.49. The highest BCUT2D eigenvalue weighted by molar-refractivity contribution is 9.10. The van der Waals surface area contributed by atoms with E-state index in [1.54, 1.807) is 30.8 Å². The first kappa shape index (κ1) is 16.3. The van der Waals surface area contributed by atoms with E-state index in [-0.39, 0.29) is 5.92 Å². The van der Waals surface area contributed by atoms with Gasteiger partial charge < -0.3 is 9.09 Å². The molecule has 0 aliphatic heterocycles. The number of aryl methyl sites for hydroxylation is 2. The topological polar surface area (TPSA) is 89.2 Å². The smallest absolute Gasteiger partial charge is 0.286 e. The van der Waals surface area contributed by atoms with Gasteiger partial charge in [-0.1, -0.05) is 19.0 Å². The molecule has 2 N–H and O–H groups in total. The highest BCUT2D eigenvalue weighted by Gasteiger charge is 2.23. The number of halogens is 1. The third-order valence-corrected chi connectivity index (χ3v) is 3.57. The first-order chi connectivity index (χ1) is 10.3. The van der Waals surface area contributed by atoms with Gasteiger partial charge in [-0.2, -0.15) is 0 Å². The van der Waals surface area contributed by atoms with Crippen LogP contribution in [0.1, 0.15) is 52.1 Å². The number of carbonyl (C=O) groups excluding carboxylic acids is 2. The fourth-order valence-corrected chi connectivity index (χ4v) is 2.57. The number of hydrogen-bond acceptors (Lipinski definition) is 4. The van der Waals surface area contributed by atoms with Gasteiger partial charge in [-0.25, -0.2) is 0 Å². The number of nitrogens with one attached hydrogen (secondary N) is 2. The highest BCUT2D eigenvalue weighted by atomic mass is 79.9. The van der Waals surface area contributed by atoms with Gasteiger partial charge in [0.2, 0.25) is 0 Å². The van der Waals surface area contributed by atoms with E-state index < -0.39 is 11.8 Å². The van der Waals surface area contributed by atoms with Crippen LogP contribution in [0.2, 0.25) is 0 Å². The van der Waals surface area contributed by atoms with Crippen LogP contribution in [0.5, 0.6) is 0 Å². The molecule has 8 heteroatoms. The van der Waals surface area contributed by atoms with Crippen LogP contribution in [0, 0.1) is 6.92 Å². The average molecular weight is 369 g/mol. The standard InChI is InChI=1S/C14H17BrN4O3/c1-7(2)12-11(8(3)18-22-12)14(21)17-16-13(20)10-5-9(15)6-19(10)4/h5-7H,1-4H3,(H,16,20)(H,17,21). The van der Waals surface area contributed by atoms with Crippen molar-refractivity contribution < 1.29 is 14.1 Å². The van der Waals surface area contributed by atoms with Crippen LogP contribution in [0.25, 0.3) is 0 Å². The summed E-state index contributed by atoms with van der Waals surface area (Å²) in [4.78, 5) is 24.3. The second kappa shape index (κ2) is 6.35. The van der Waals surface area contributed by atoms with E-state index in [1.807, 2.05) is 13.8 Å². The molecule has 0 saturated carbocycles. The molecule has 0 fully saturated rings. The molecule has 2 aromatic heterocycles. The molecule has 0 bridgehead atoms. The number of rotatable bonds is 3. The van der Waals surface area contributed by atoms with Gasteiger partial charge in [-0.15, -0.1) is 0 Å². The molecular weight excluding hydrogens is 352 g/mol. The molecule has 0 aliphatic carbocycles. The Kier molecular flexibility index (Phi) is 4.70. The molecule has 2 aromatic rings. The van der Waals surface area contributed by atoms with E-state index in [9.17, 15) is 9.59 Å². The van der Waals surface area contributed by atoms with E-state index in [0.717, 1.165) is 4.47 Å². The summed E-state index contributed by atoms with van der Waals surface area (Å²) in [5, 5.41) is 3.80. The molecule has 2 rings (SSSR count). The van der Waals surface area contributed by atoms with Gasteiger partial charge in [-0.05, 0) is 28.9 Å². The van der Waals surface area contributed by atoms with Gasteiger partial charge in [-0.3, -0.25) is 20.4 Å². The van der Waals surface area contributed by atoms with Crippen LogP contribution in [0.15, 0.2) is 21.3 Å². The van der Waals surface area contributed by atoms with Crippen molar-refractivity contribution in [2.24, 2.45) is 7.05 Å². The molecular formula is C14H17BrN4O3. The van der Waals surface area contributed by atoms with E-state index >= 15 is 0 Å². The van der Waals surface area contributed by atoms with Gasteiger partial charge in [0, 0.05) is 23.6 Å². The summed E-state index contributed by atoms with van der Waals surface area (Å²) < 4.78 is 7.59. The van der Waals surface area contributed by atoms with E-state index in [4.69, 9.17) is 4.52 Å². The van der Waals surface area contributed by atoms with E-state index in [1.165, 1.54) is 0 Å². The molecule has 22 heavy (non-hydrogen) atoms. The molecule has 0 unspecified atom stereocenters. The Balaban J connectivity index is 2.09. The maximum Gasteiger partial charge on any atom is 0.286 e. The minimum absolute atomic E-state index is 0.0153. The lowest BCUT2D eigenvalue weighted by atomic mass is 10.1. The molecule has 0 radical (unpaired) electrons. The quantitative estimate of drug-likeness (QED) is 0.813. The average Bonchev–Trinajstić information content (AvgIpc) is 2.98. The van der Waals surface area contributed by atoms with Gasteiger partial charge in [0.1, 0.15) is 11.3 Å². The van der Waals surface area contributed by atoms with Crippen molar-refractivity contribution in [3.8, 4) is 0 Å². The van der Waals surface area contributed by atoms with Crippen molar-refractivity contribution in [3.05, 3.63) is 39.4 Å². The predicted molar refractivity (Wildman–Crippen MR) is 83.4 cm³/mol. The summed E-state index contributed by atoms with van der Waals surface area (Å²) in [7, 11) is 1.74. The summed E-state index contributed by atoms with van der Waals surface area (Å²) in [5.74, 6) is -0.363. The molecule has 2 heterocycles. The lowest BCUT2D eigenvalue weighted by Gasteiger charge is -2.09. The minimum atomic E-state index is -0.455. The fourth-order valence-electron chi connectivity index (χ4n) is 2.05. The van der Waals surface area contributed by atoms with Crippen molar-refractivity contribution in [1.82, 2.24) is 20.6 Å². The first-order valence-electron chi connectivity index (χ1n) is 6.70. The number of amides is 2. The van der Waals surface area contributed by atoms with Crippen LogP contribution in [0.3, 0.4) is 0 Å². The Hall–Kier alpha value is -2.09. The summed E-state index contributed by atoms with van der Waals surface area (Å²) in [6.07, 6.45) is 1.75. The molecule has 118 valence electrons. The van der Waals surface area contributed by atoms with Crippen molar-refractivity contribution in [1.29, 1.82) is 0 Å². The maximum atomic E-state index is 12.2. The Labute approximate surface area is 136 Å². The SMILES string of the molecule is Cc1noc(C(C)C)c1C(=O)NNC(=O)c1cc(Br)cn1C. The number of hydrazine groups is 1. The second-order valence-electron chi connectivity index (χ2n) is 5.22. The number of nitrogens with zero attached hydrogens (tertiary/aromatic N) is 2. The predicted octanol–water partition coefficient (Wildman–Crippen LogP) is 2.28. The lowest BCUT2D eigenvalue weighted by molar-refractivity contribution is 0.0840. The normalized spacial score (nSPS) is 10.8. The number of hydrogen-bond donors (Lipinski definition) is 2. The summed E-state index contributed by atoms with van der Waals surface area (Å²) in [6, 6.07) is 1.66. The Morgan fingerprint density at radius 3 is 2.50 bits per heavy atom. The largest absolute Gasteiger partial charge is 0.360 e. The van der Waals surface area contributed by atoms with Crippen LogP contribution in [-0.4, -0.2) is 21.5 Å². The van der Waals surface area contributed by atoms with Gasteiger partial charge >= 0.3 is 0 Å². The molecule has 0 aromatic carbocycles. The molecule has 0 aliphatic rings. The summed E-state index contributed by atoms with van der Waals surface area (Å²) >= 11 is 3.29. The zero-order chi connectivity index (χ0) is 16.4. The molecule has 2 amide bonds. The van der Waals surface area contributed by atoms with Crippen molar-refractivity contribution in [2.75, 3.05) is 0 Å². The molecule has 0 atom stereocenters. The van der Waals surface area contributed by atoms with E-state index in [2.05, 4.69) is 31.9 Å². The zero-order valence-corrected chi connectivity index (χ0v) is 14.3. The summed E-state index contributed by atoms with van der Waals surface area (Å²) in [5.41, 5.74) is 6.02. The third kappa shape index (κ3) is 3.22. The van der Waals surface area contributed by atoms with Crippen LogP contribution >= 0.6 is 15.9 Å². The molecule has 7 nitrogen and oxygen atoms in total. The van der Waals surface area contributed by atoms with Crippen LogP contribution < -0.4 is 10.9 Å². The Morgan fingerprint density at radius 1 is 1.32 bits per heavy atom. The second-order valence-corrected chi connectivity index (χ2v) is 6.14. The van der Waals surface area contributed by atoms with Crippen molar-refractivity contribution in [3.63, 3.8) is 0 Å².